The van der Waals surface area contributed by atoms with Crippen LogP contribution in [0.3, 0.4) is 0 Å². The number of nitrogens with one attached hydrogen (secondary N) is 1. The largest absolute Gasteiger partial charge is 0.387 e. The number of nitrogens with zero attached hydrogens (tertiary/aromatic N) is 1. The number of β-amino-alcohol motifs (C(OH)–C–C–N with tert-alkyl or cyclic N) is 1. The molecular weight excluding hydrogens is 273 g/mol. The summed E-state index contributed by atoms with van der Waals surface area (Å²) in [6.07, 6.45) is 2.08. The number of hydrogen-bond donors (Lipinski definition) is 3. The molecular formula is C12H23Cl2N3O. The lowest BCUT2D eigenvalue weighted by Crippen LogP contribution is -2.40. The number of nitrogens with two attached hydrogens (primary N) is 1. The SMILES string of the molecule is CCC(C)(C)NC[C@H](O)c1ccc(N)nc1.Cl.Cl. The molecule has 1 aromatic heterocycles. The molecule has 0 aliphatic rings. The molecule has 18 heavy (non-hydrogen) atoms. The van der Waals surface area contributed by atoms with E-state index in [4.69, 9.17) is 5.73 Å². The fourth-order valence-electron chi connectivity index (χ4n) is 1.23. The van der Waals surface area contributed by atoms with Gasteiger partial charge in [0.15, 0.2) is 0 Å². The Kier molecular flexibility index (Phi) is 9.38. The highest BCUT2D eigenvalue weighted by Crippen LogP contribution is 2.14. The minimum Gasteiger partial charge on any atom is -0.387 e. The van der Waals surface area contributed by atoms with Crippen LogP contribution in [0, 0.1) is 0 Å². The predicted molar refractivity (Wildman–Crippen MR) is 80.5 cm³/mol. The van der Waals surface area contributed by atoms with E-state index in [1.54, 1.807) is 18.3 Å². The van der Waals surface area contributed by atoms with E-state index in [0.29, 0.717) is 12.4 Å². The molecule has 4 nitrogen and oxygen atoms in total. The van der Waals surface area contributed by atoms with Gasteiger partial charge in [0, 0.05) is 23.8 Å². The summed E-state index contributed by atoms with van der Waals surface area (Å²) in [5.41, 5.74) is 6.31. The lowest BCUT2D eigenvalue weighted by atomic mass is 10.0. The summed E-state index contributed by atoms with van der Waals surface area (Å²) in [5, 5.41) is 13.2. The summed E-state index contributed by atoms with van der Waals surface area (Å²) in [6, 6.07) is 3.50. The van der Waals surface area contributed by atoms with Gasteiger partial charge in [0.1, 0.15) is 5.82 Å². The first kappa shape index (κ1) is 19.8. The highest BCUT2D eigenvalue weighted by atomic mass is 35.5. The lowest BCUT2D eigenvalue weighted by Gasteiger charge is -2.26. The summed E-state index contributed by atoms with van der Waals surface area (Å²) >= 11 is 0. The summed E-state index contributed by atoms with van der Waals surface area (Å²) in [6.45, 7) is 6.86. The van der Waals surface area contributed by atoms with Crippen molar-refractivity contribution in [3.05, 3.63) is 23.9 Å². The first-order valence-electron chi connectivity index (χ1n) is 5.59. The molecule has 0 fully saturated rings. The van der Waals surface area contributed by atoms with Crippen molar-refractivity contribution in [2.45, 2.75) is 38.8 Å². The van der Waals surface area contributed by atoms with Gasteiger partial charge in [-0.15, -0.1) is 24.8 Å². The van der Waals surface area contributed by atoms with E-state index < -0.39 is 6.10 Å². The molecule has 0 unspecified atom stereocenters. The number of aromatic nitrogens is 1. The molecule has 1 heterocycles. The van der Waals surface area contributed by atoms with Crippen molar-refractivity contribution in [2.24, 2.45) is 0 Å². The van der Waals surface area contributed by atoms with Crippen LogP contribution in [0.1, 0.15) is 38.9 Å². The molecule has 1 atom stereocenters. The zero-order valence-corrected chi connectivity index (χ0v) is 12.6. The van der Waals surface area contributed by atoms with Crippen molar-refractivity contribution < 1.29 is 5.11 Å². The van der Waals surface area contributed by atoms with Crippen LogP contribution in [0.25, 0.3) is 0 Å². The normalized spacial score (nSPS) is 12.2. The maximum absolute atomic E-state index is 9.93. The molecule has 0 spiro atoms. The Balaban J connectivity index is 0. The van der Waals surface area contributed by atoms with E-state index in [9.17, 15) is 5.11 Å². The van der Waals surface area contributed by atoms with E-state index in [-0.39, 0.29) is 30.4 Å². The number of nitrogen functional groups attached to an aromatic ring is 1. The van der Waals surface area contributed by atoms with Crippen LogP contribution in [0.4, 0.5) is 5.82 Å². The highest BCUT2D eigenvalue weighted by molar-refractivity contribution is 5.85. The molecule has 0 aromatic carbocycles. The third-order valence-corrected chi connectivity index (χ3v) is 2.85. The molecule has 4 N–H and O–H groups in total. The summed E-state index contributed by atoms with van der Waals surface area (Å²) in [7, 11) is 0. The summed E-state index contributed by atoms with van der Waals surface area (Å²) in [4.78, 5) is 3.95. The predicted octanol–water partition coefficient (Wildman–Crippen LogP) is 2.32. The average molecular weight is 296 g/mol. The van der Waals surface area contributed by atoms with Crippen LogP contribution in [0.15, 0.2) is 18.3 Å². The van der Waals surface area contributed by atoms with Gasteiger partial charge in [-0.1, -0.05) is 13.0 Å². The van der Waals surface area contributed by atoms with Gasteiger partial charge in [-0.2, -0.15) is 0 Å². The third-order valence-electron chi connectivity index (χ3n) is 2.85. The minimum absolute atomic E-state index is 0. The molecule has 0 bridgehead atoms. The van der Waals surface area contributed by atoms with Gasteiger partial charge in [-0.05, 0) is 26.3 Å². The fraction of sp³-hybridized carbons (Fsp3) is 0.583. The van der Waals surface area contributed by atoms with Crippen LogP contribution in [0.2, 0.25) is 0 Å². The average Bonchev–Trinajstić information content (AvgIpc) is 2.27. The summed E-state index contributed by atoms with van der Waals surface area (Å²) in [5.74, 6) is 0.470. The number of hydrogen-bond acceptors (Lipinski definition) is 4. The quantitative estimate of drug-likeness (QED) is 0.780. The molecule has 0 radical (unpaired) electrons. The van der Waals surface area contributed by atoms with Gasteiger partial charge in [0.05, 0.1) is 6.10 Å². The second-order valence-electron chi connectivity index (χ2n) is 4.65. The Hall–Kier alpha value is -0.550. The van der Waals surface area contributed by atoms with Crippen molar-refractivity contribution in [3.8, 4) is 0 Å². The molecule has 1 aromatic rings. The molecule has 1 rings (SSSR count). The molecule has 0 saturated carbocycles. The second-order valence-corrected chi connectivity index (χ2v) is 4.65. The lowest BCUT2D eigenvalue weighted by molar-refractivity contribution is 0.160. The van der Waals surface area contributed by atoms with Gasteiger partial charge in [0.2, 0.25) is 0 Å². The first-order valence-corrected chi connectivity index (χ1v) is 5.59. The van der Waals surface area contributed by atoms with E-state index in [1.165, 1.54) is 0 Å². The van der Waals surface area contributed by atoms with Gasteiger partial charge < -0.3 is 16.2 Å². The summed E-state index contributed by atoms with van der Waals surface area (Å²) < 4.78 is 0. The molecule has 106 valence electrons. The molecule has 0 saturated heterocycles. The van der Waals surface area contributed by atoms with Crippen molar-refractivity contribution in [1.29, 1.82) is 0 Å². The fourth-order valence-corrected chi connectivity index (χ4v) is 1.23. The Morgan fingerprint density at radius 3 is 2.44 bits per heavy atom. The topological polar surface area (TPSA) is 71.2 Å². The Bertz CT molecular complexity index is 331. The molecule has 6 heteroatoms. The maximum atomic E-state index is 9.93. The zero-order valence-electron chi connectivity index (χ0n) is 11.0. The van der Waals surface area contributed by atoms with Gasteiger partial charge in [0.25, 0.3) is 0 Å². The standard InChI is InChI=1S/C12H21N3O.2ClH/c1-4-12(2,3)15-8-10(16)9-5-6-11(13)14-7-9;;/h5-7,10,15-16H,4,8H2,1-3H3,(H2,13,14);2*1H/t10-;;/m0../s1. The van der Waals surface area contributed by atoms with E-state index in [1.807, 2.05) is 0 Å². The Morgan fingerprint density at radius 2 is 2.00 bits per heavy atom. The number of rotatable bonds is 5. The smallest absolute Gasteiger partial charge is 0.123 e. The van der Waals surface area contributed by atoms with Crippen LogP contribution in [-0.2, 0) is 0 Å². The van der Waals surface area contributed by atoms with Crippen LogP contribution < -0.4 is 11.1 Å². The van der Waals surface area contributed by atoms with Crippen LogP contribution >= 0.6 is 24.8 Å². The number of aliphatic hydroxyl groups excluding tert-OH is 1. The van der Waals surface area contributed by atoms with Gasteiger partial charge in [-0.25, -0.2) is 4.98 Å². The second kappa shape index (κ2) is 8.53. The number of aliphatic hydroxyl groups is 1. The van der Waals surface area contributed by atoms with Crippen LogP contribution in [-0.4, -0.2) is 22.2 Å². The van der Waals surface area contributed by atoms with Crippen molar-refractivity contribution in [1.82, 2.24) is 10.3 Å². The zero-order chi connectivity index (χ0) is 12.2. The Labute approximate surface area is 121 Å². The number of anilines is 1. The van der Waals surface area contributed by atoms with E-state index in [0.717, 1.165) is 12.0 Å². The molecule has 0 aliphatic heterocycles. The van der Waals surface area contributed by atoms with Crippen molar-refractivity contribution in [2.75, 3.05) is 12.3 Å². The van der Waals surface area contributed by atoms with Crippen molar-refractivity contribution in [3.63, 3.8) is 0 Å². The first-order chi connectivity index (χ1) is 7.44. The van der Waals surface area contributed by atoms with E-state index >= 15 is 0 Å². The van der Waals surface area contributed by atoms with Gasteiger partial charge >= 0.3 is 0 Å². The monoisotopic (exact) mass is 295 g/mol. The molecule has 0 amide bonds. The highest BCUT2D eigenvalue weighted by Gasteiger charge is 2.16. The number of halogens is 2. The maximum Gasteiger partial charge on any atom is 0.123 e. The van der Waals surface area contributed by atoms with Crippen molar-refractivity contribution >= 4 is 30.6 Å². The van der Waals surface area contributed by atoms with Crippen LogP contribution in [0.5, 0.6) is 0 Å². The minimum atomic E-state index is -0.543. The molecule has 0 aliphatic carbocycles. The Morgan fingerprint density at radius 1 is 1.39 bits per heavy atom. The van der Waals surface area contributed by atoms with Gasteiger partial charge in [-0.3, -0.25) is 0 Å². The third kappa shape index (κ3) is 6.40. The number of pyridine rings is 1. The van der Waals surface area contributed by atoms with E-state index in [2.05, 4.69) is 31.1 Å².